The van der Waals surface area contributed by atoms with Crippen LogP contribution in [0.25, 0.3) is 11.4 Å². The van der Waals surface area contributed by atoms with Crippen molar-refractivity contribution in [3.8, 4) is 17.1 Å². The lowest BCUT2D eigenvalue weighted by atomic mass is 10.2. The highest BCUT2D eigenvalue weighted by Gasteiger charge is 2.21. The van der Waals surface area contributed by atoms with Gasteiger partial charge in [0.25, 0.3) is 5.56 Å². The molecule has 0 bridgehead atoms. The molecule has 9 nitrogen and oxygen atoms in total. The zero-order chi connectivity index (χ0) is 20.6. The third-order valence-corrected chi connectivity index (χ3v) is 5.02. The van der Waals surface area contributed by atoms with Crippen molar-refractivity contribution in [3.05, 3.63) is 40.3 Å². The van der Waals surface area contributed by atoms with Gasteiger partial charge in [0.15, 0.2) is 5.82 Å². The minimum Gasteiger partial charge on any atom is -0.497 e. The van der Waals surface area contributed by atoms with Gasteiger partial charge in [-0.05, 0) is 12.1 Å². The Hall–Kier alpha value is -2.78. The van der Waals surface area contributed by atoms with Crippen LogP contribution in [0.3, 0.4) is 0 Å². The lowest BCUT2D eigenvalue weighted by Crippen LogP contribution is -2.49. The number of rotatable bonds is 8. The number of hydrogen-bond acceptors (Lipinski definition) is 7. The number of ether oxygens (including phenoxy) is 2. The number of aromatic amines is 1. The zero-order valence-corrected chi connectivity index (χ0v) is 16.9. The number of carbonyl (C=O) groups excluding carboxylic acids is 1. The van der Waals surface area contributed by atoms with Crippen LogP contribution in [0.2, 0.25) is 0 Å². The average molecular weight is 401 g/mol. The van der Waals surface area contributed by atoms with Crippen LogP contribution in [0.15, 0.2) is 29.1 Å². The highest BCUT2D eigenvalue weighted by Crippen LogP contribution is 2.19. The van der Waals surface area contributed by atoms with Crippen LogP contribution in [0.4, 0.5) is 0 Å². The van der Waals surface area contributed by atoms with Gasteiger partial charge in [-0.25, -0.2) is 0 Å². The molecule has 0 unspecified atom stereocenters. The fourth-order valence-corrected chi connectivity index (χ4v) is 3.25. The molecule has 2 heterocycles. The van der Waals surface area contributed by atoms with Crippen molar-refractivity contribution >= 4 is 5.91 Å². The Balaban J connectivity index is 1.54. The first-order chi connectivity index (χ1) is 14.1. The minimum absolute atomic E-state index is 0.0365. The summed E-state index contributed by atoms with van der Waals surface area (Å²) in [5.41, 5.74) is 0.654. The van der Waals surface area contributed by atoms with Gasteiger partial charge in [0, 0.05) is 58.2 Å². The molecular weight excluding hydrogens is 374 g/mol. The fourth-order valence-electron chi connectivity index (χ4n) is 3.25. The average Bonchev–Trinajstić information content (AvgIpc) is 2.77. The number of piperazine rings is 1. The molecule has 2 aromatic rings. The van der Waals surface area contributed by atoms with E-state index in [0.717, 1.165) is 19.6 Å². The van der Waals surface area contributed by atoms with Crippen molar-refractivity contribution in [3.63, 3.8) is 0 Å². The van der Waals surface area contributed by atoms with Crippen LogP contribution in [0.5, 0.6) is 5.75 Å². The standard InChI is InChI=1S/C20H27N5O4/c1-28-13-12-24-8-10-25(11-9-24)18(26)7-6-17-20(27)21-19(23-22-17)15-4-3-5-16(14-15)29-2/h3-5,14H,6-13H2,1-2H3,(H,21,23,27). The number of methoxy groups -OCH3 is 2. The zero-order valence-electron chi connectivity index (χ0n) is 16.9. The maximum Gasteiger partial charge on any atom is 0.273 e. The first-order valence-corrected chi connectivity index (χ1v) is 9.70. The number of benzene rings is 1. The molecular formula is C20H27N5O4. The second-order valence-corrected chi connectivity index (χ2v) is 6.90. The molecule has 1 N–H and O–H groups in total. The molecule has 1 aliphatic rings. The van der Waals surface area contributed by atoms with Crippen molar-refractivity contribution in [2.24, 2.45) is 0 Å². The second kappa shape index (κ2) is 10.1. The summed E-state index contributed by atoms with van der Waals surface area (Å²) >= 11 is 0. The minimum atomic E-state index is -0.324. The third kappa shape index (κ3) is 5.61. The molecule has 0 spiro atoms. The van der Waals surface area contributed by atoms with Gasteiger partial charge in [-0.3, -0.25) is 14.5 Å². The summed E-state index contributed by atoms with van der Waals surface area (Å²) in [5.74, 6) is 1.08. The van der Waals surface area contributed by atoms with E-state index in [1.54, 1.807) is 20.3 Å². The van der Waals surface area contributed by atoms with Gasteiger partial charge >= 0.3 is 0 Å². The van der Waals surface area contributed by atoms with Gasteiger partial charge in [-0.1, -0.05) is 12.1 Å². The number of aryl methyl sites for hydroxylation is 1. The lowest BCUT2D eigenvalue weighted by molar-refractivity contribution is -0.133. The molecule has 0 saturated carbocycles. The number of amides is 1. The third-order valence-electron chi connectivity index (χ3n) is 5.02. The van der Waals surface area contributed by atoms with Crippen molar-refractivity contribution in [1.82, 2.24) is 25.0 Å². The molecule has 3 rings (SSSR count). The van der Waals surface area contributed by atoms with Gasteiger partial charge in [0.05, 0.1) is 13.7 Å². The van der Waals surface area contributed by atoms with Gasteiger partial charge in [-0.2, -0.15) is 0 Å². The maximum absolute atomic E-state index is 12.5. The van der Waals surface area contributed by atoms with E-state index in [4.69, 9.17) is 9.47 Å². The van der Waals surface area contributed by atoms with Crippen LogP contribution in [0.1, 0.15) is 12.1 Å². The summed E-state index contributed by atoms with van der Waals surface area (Å²) in [6, 6.07) is 7.22. The number of H-pyrrole nitrogens is 1. The molecule has 1 fully saturated rings. The quantitative estimate of drug-likeness (QED) is 0.690. The van der Waals surface area contributed by atoms with E-state index in [9.17, 15) is 9.59 Å². The van der Waals surface area contributed by atoms with Crippen LogP contribution >= 0.6 is 0 Å². The maximum atomic E-state index is 12.5. The number of carbonyl (C=O) groups is 1. The Labute approximate surface area is 169 Å². The summed E-state index contributed by atoms with van der Waals surface area (Å²) in [7, 11) is 3.26. The molecule has 0 atom stereocenters. The number of hydrogen-bond donors (Lipinski definition) is 1. The predicted molar refractivity (Wildman–Crippen MR) is 108 cm³/mol. The molecule has 29 heavy (non-hydrogen) atoms. The number of nitrogens with zero attached hydrogens (tertiary/aromatic N) is 4. The first-order valence-electron chi connectivity index (χ1n) is 9.70. The summed E-state index contributed by atoms with van der Waals surface area (Å²) in [4.78, 5) is 31.7. The molecule has 1 saturated heterocycles. The molecule has 1 amide bonds. The Bertz CT molecular complexity index is 877. The van der Waals surface area contributed by atoms with E-state index in [1.807, 2.05) is 23.1 Å². The smallest absolute Gasteiger partial charge is 0.273 e. The summed E-state index contributed by atoms with van der Waals surface area (Å²) in [6.07, 6.45) is 0.512. The Morgan fingerprint density at radius 2 is 1.97 bits per heavy atom. The summed E-state index contributed by atoms with van der Waals surface area (Å²) in [6.45, 7) is 4.64. The normalized spacial score (nSPS) is 14.8. The van der Waals surface area contributed by atoms with Gasteiger partial charge in [0.1, 0.15) is 11.4 Å². The first kappa shape index (κ1) is 20.9. The van der Waals surface area contributed by atoms with E-state index in [-0.39, 0.29) is 30.0 Å². The number of nitrogens with one attached hydrogen (secondary N) is 1. The van der Waals surface area contributed by atoms with Crippen molar-refractivity contribution in [1.29, 1.82) is 0 Å². The molecule has 1 aromatic carbocycles. The van der Waals surface area contributed by atoms with Crippen LogP contribution in [-0.4, -0.2) is 84.4 Å². The largest absolute Gasteiger partial charge is 0.497 e. The van der Waals surface area contributed by atoms with Crippen LogP contribution in [-0.2, 0) is 16.0 Å². The van der Waals surface area contributed by atoms with E-state index in [1.165, 1.54) is 0 Å². The molecule has 0 radical (unpaired) electrons. The lowest BCUT2D eigenvalue weighted by Gasteiger charge is -2.34. The SMILES string of the molecule is COCCN1CCN(C(=O)CCc2nnc(-c3cccc(OC)c3)[nH]c2=O)CC1. The van der Waals surface area contributed by atoms with E-state index in [2.05, 4.69) is 20.1 Å². The van der Waals surface area contributed by atoms with Crippen molar-refractivity contribution in [2.75, 3.05) is 53.6 Å². The number of aromatic nitrogens is 3. The molecule has 0 aliphatic carbocycles. The Morgan fingerprint density at radius 3 is 2.66 bits per heavy atom. The van der Waals surface area contributed by atoms with E-state index >= 15 is 0 Å². The van der Waals surface area contributed by atoms with Crippen LogP contribution in [0, 0.1) is 0 Å². The molecule has 1 aliphatic heterocycles. The Morgan fingerprint density at radius 1 is 1.17 bits per heavy atom. The molecule has 9 heteroatoms. The highest BCUT2D eigenvalue weighted by atomic mass is 16.5. The molecule has 1 aromatic heterocycles. The van der Waals surface area contributed by atoms with Gasteiger partial charge < -0.3 is 19.4 Å². The summed E-state index contributed by atoms with van der Waals surface area (Å²) < 4.78 is 10.3. The monoisotopic (exact) mass is 401 g/mol. The van der Waals surface area contributed by atoms with Crippen molar-refractivity contribution in [2.45, 2.75) is 12.8 Å². The van der Waals surface area contributed by atoms with E-state index in [0.29, 0.717) is 36.8 Å². The fraction of sp³-hybridized carbons (Fsp3) is 0.500. The topological polar surface area (TPSA) is 101 Å². The second-order valence-electron chi connectivity index (χ2n) is 6.90. The van der Waals surface area contributed by atoms with Crippen LogP contribution < -0.4 is 10.3 Å². The predicted octanol–water partition coefficient (Wildman–Crippen LogP) is 0.564. The van der Waals surface area contributed by atoms with Crippen molar-refractivity contribution < 1.29 is 14.3 Å². The summed E-state index contributed by atoms with van der Waals surface area (Å²) in [5, 5.41) is 8.16. The van der Waals surface area contributed by atoms with Gasteiger partial charge in [-0.15, -0.1) is 10.2 Å². The highest BCUT2D eigenvalue weighted by molar-refractivity contribution is 5.76. The van der Waals surface area contributed by atoms with Gasteiger partial charge in [0.2, 0.25) is 5.91 Å². The van der Waals surface area contributed by atoms with E-state index < -0.39 is 0 Å². The Kier molecular flexibility index (Phi) is 7.31. The molecule has 156 valence electrons.